The number of hydrogen-bond donors (Lipinski definition) is 1. The van der Waals surface area contributed by atoms with Gasteiger partial charge in [0, 0.05) is 10.3 Å². The zero-order valence-electron chi connectivity index (χ0n) is 5.51. The summed E-state index contributed by atoms with van der Waals surface area (Å²) in [5.74, 6) is 0.373. The molecule has 2 unspecified atom stereocenters. The number of thiol groups is 1. The molecule has 0 aromatic heterocycles. The van der Waals surface area contributed by atoms with Crippen LogP contribution >= 0.6 is 35.8 Å². The molecule has 0 aromatic carbocycles. The molecule has 10 heavy (non-hydrogen) atoms. The maximum atomic E-state index is 5.83. The summed E-state index contributed by atoms with van der Waals surface area (Å²) >= 11 is 15.9. The molecule has 1 aliphatic carbocycles. The first-order chi connectivity index (χ1) is 4.63. The fourth-order valence-electron chi connectivity index (χ4n) is 0.793. The summed E-state index contributed by atoms with van der Waals surface area (Å²) in [5.41, 5.74) is 0. The molecular weight excluding hydrogens is 187 g/mol. The molecule has 2 atom stereocenters. The van der Waals surface area contributed by atoms with Crippen molar-refractivity contribution in [2.24, 2.45) is 5.92 Å². The fourth-order valence-corrected chi connectivity index (χ4v) is 1.56. The smallest absolute Gasteiger partial charge is 0.0559 e. The normalized spacial score (nSPS) is 33.2. The van der Waals surface area contributed by atoms with Gasteiger partial charge in [-0.3, -0.25) is 0 Å². The van der Waals surface area contributed by atoms with Crippen LogP contribution in [0.3, 0.4) is 0 Å². The van der Waals surface area contributed by atoms with Crippen molar-refractivity contribution in [1.82, 2.24) is 0 Å². The van der Waals surface area contributed by atoms with Crippen molar-refractivity contribution < 1.29 is 0 Å². The highest BCUT2D eigenvalue weighted by molar-refractivity contribution is 7.81. The molecule has 0 amide bonds. The molecule has 0 heterocycles. The van der Waals surface area contributed by atoms with Gasteiger partial charge in [0.2, 0.25) is 0 Å². The van der Waals surface area contributed by atoms with Gasteiger partial charge in [0.25, 0.3) is 0 Å². The number of rotatable bonds is 0. The highest BCUT2D eigenvalue weighted by Gasteiger charge is 2.19. The number of halogens is 2. The van der Waals surface area contributed by atoms with Crippen molar-refractivity contribution in [1.29, 1.82) is 0 Å². The van der Waals surface area contributed by atoms with E-state index in [-0.39, 0.29) is 5.25 Å². The van der Waals surface area contributed by atoms with E-state index < -0.39 is 0 Å². The molecular formula is C7H8Cl2S. The molecule has 0 aromatic rings. The molecule has 0 saturated heterocycles. The number of hydrogen-bond acceptors (Lipinski definition) is 1. The molecule has 0 spiro atoms. The molecule has 3 heteroatoms. The van der Waals surface area contributed by atoms with Crippen molar-refractivity contribution >= 4 is 35.8 Å². The van der Waals surface area contributed by atoms with Crippen LogP contribution in [0, 0.1) is 5.92 Å². The van der Waals surface area contributed by atoms with Crippen LogP contribution in [0.5, 0.6) is 0 Å². The molecule has 0 nitrogen and oxygen atoms in total. The Morgan fingerprint density at radius 1 is 1.50 bits per heavy atom. The third-order valence-electron chi connectivity index (χ3n) is 1.53. The zero-order chi connectivity index (χ0) is 7.72. The molecule has 0 N–H and O–H groups in total. The van der Waals surface area contributed by atoms with E-state index in [9.17, 15) is 0 Å². The SMILES string of the molecule is CC1C=CC(Cl)=C(Cl)C1S. The topological polar surface area (TPSA) is 0 Å². The van der Waals surface area contributed by atoms with Crippen molar-refractivity contribution in [3.8, 4) is 0 Å². The van der Waals surface area contributed by atoms with Crippen molar-refractivity contribution in [3.05, 3.63) is 22.2 Å². The lowest BCUT2D eigenvalue weighted by molar-refractivity contribution is 0.746. The van der Waals surface area contributed by atoms with Crippen LogP contribution in [0.15, 0.2) is 22.2 Å². The van der Waals surface area contributed by atoms with E-state index in [4.69, 9.17) is 23.2 Å². The van der Waals surface area contributed by atoms with Gasteiger partial charge in [0.1, 0.15) is 0 Å². The second-order valence-electron chi connectivity index (χ2n) is 2.36. The Bertz CT molecular complexity index is 196. The van der Waals surface area contributed by atoms with E-state index in [1.54, 1.807) is 0 Å². The van der Waals surface area contributed by atoms with Crippen LogP contribution in [0.1, 0.15) is 6.92 Å². The Labute approximate surface area is 76.3 Å². The fraction of sp³-hybridized carbons (Fsp3) is 0.429. The lowest BCUT2D eigenvalue weighted by Crippen LogP contribution is -2.12. The first-order valence-corrected chi connectivity index (χ1v) is 4.31. The standard InChI is InChI=1S/C7H8Cl2S/c1-4-2-3-5(8)6(9)7(4)10/h2-4,7,10H,1H3. The molecule has 0 saturated carbocycles. The zero-order valence-corrected chi connectivity index (χ0v) is 7.92. The summed E-state index contributed by atoms with van der Waals surface area (Å²) < 4.78 is 0. The minimum absolute atomic E-state index is 0.0687. The van der Waals surface area contributed by atoms with Crippen molar-refractivity contribution in [3.63, 3.8) is 0 Å². The van der Waals surface area contributed by atoms with E-state index in [0.29, 0.717) is 16.0 Å². The summed E-state index contributed by atoms with van der Waals surface area (Å²) in [6, 6.07) is 0. The van der Waals surface area contributed by atoms with Crippen molar-refractivity contribution in [2.75, 3.05) is 0 Å². The molecule has 0 radical (unpaired) electrons. The first kappa shape index (κ1) is 8.51. The van der Waals surface area contributed by atoms with Crippen LogP contribution < -0.4 is 0 Å². The molecule has 56 valence electrons. The predicted molar refractivity (Wildman–Crippen MR) is 49.8 cm³/mol. The van der Waals surface area contributed by atoms with Crippen LogP contribution in [0.4, 0.5) is 0 Å². The van der Waals surface area contributed by atoms with Gasteiger partial charge >= 0.3 is 0 Å². The van der Waals surface area contributed by atoms with Gasteiger partial charge in [-0.1, -0.05) is 36.2 Å². The van der Waals surface area contributed by atoms with Crippen LogP contribution in [-0.2, 0) is 0 Å². The quantitative estimate of drug-likeness (QED) is 0.564. The second-order valence-corrected chi connectivity index (χ2v) is 3.73. The highest BCUT2D eigenvalue weighted by Crippen LogP contribution is 2.32. The average Bonchev–Trinajstić information content (AvgIpc) is 1.93. The van der Waals surface area contributed by atoms with Gasteiger partial charge in [-0.2, -0.15) is 12.6 Å². The summed E-state index contributed by atoms with van der Waals surface area (Å²) in [6.45, 7) is 2.06. The van der Waals surface area contributed by atoms with Gasteiger partial charge in [0.05, 0.1) is 5.03 Å². The molecule has 0 bridgehead atoms. The minimum atomic E-state index is 0.0687. The Kier molecular flexibility index (Phi) is 2.73. The molecule has 0 aliphatic heterocycles. The van der Waals surface area contributed by atoms with E-state index in [0.717, 1.165) is 0 Å². The summed E-state index contributed by atoms with van der Waals surface area (Å²) in [6.07, 6.45) is 3.83. The summed E-state index contributed by atoms with van der Waals surface area (Å²) in [4.78, 5) is 0. The van der Waals surface area contributed by atoms with Gasteiger partial charge in [-0.25, -0.2) is 0 Å². The lowest BCUT2D eigenvalue weighted by Gasteiger charge is -2.19. The van der Waals surface area contributed by atoms with E-state index in [1.807, 2.05) is 12.2 Å². The van der Waals surface area contributed by atoms with Gasteiger partial charge in [0.15, 0.2) is 0 Å². The Morgan fingerprint density at radius 2 is 2.10 bits per heavy atom. The minimum Gasteiger partial charge on any atom is -0.169 e. The van der Waals surface area contributed by atoms with E-state index in [2.05, 4.69) is 19.6 Å². The van der Waals surface area contributed by atoms with Crippen LogP contribution in [0.2, 0.25) is 0 Å². The monoisotopic (exact) mass is 194 g/mol. The van der Waals surface area contributed by atoms with E-state index >= 15 is 0 Å². The summed E-state index contributed by atoms with van der Waals surface area (Å²) in [5, 5.41) is 1.33. The first-order valence-electron chi connectivity index (χ1n) is 3.04. The van der Waals surface area contributed by atoms with Crippen LogP contribution in [-0.4, -0.2) is 5.25 Å². The van der Waals surface area contributed by atoms with Crippen molar-refractivity contribution in [2.45, 2.75) is 12.2 Å². The predicted octanol–water partition coefficient (Wildman–Crippen LogP) is 3.18. The summed E-state index contributed by atoms with van der Waals surface area (Å²) in [7, 11) is 0. The van der Waals surface area contributed by atoms with Gasteiger partial charge in [-0.05, 0) is 12.0 Å². The van der Waals surface area contributed by atoms with E-state index in [1.165, 1.54) is 0 Å². The van der Waals surface area contributed by atoms with Crippen LogP contribution in [0.25, 0.3) is 0 Å². The third kappa shape index (κ3) is 1.52. The maximum absolute atomic E-state index is 5.83. The molecule has 1 rings (SSSR count). The Morgan fingerprint density at radius 3 is 2.60 bits per heavy atom. The Balaban J connectivity index is 2.88. The van der Waals surface area contributed by atoms with Gasteiger partial charge in [-0.15, -0.1) is 0 Å². The number of allylic oxidation sites excluding steroid dienone is 3. The molecule has 0 fully saturated rings. The highest BCUT2D eigenvalue weighted by atomic mass is 35.5. The lowest BCUT2D eigenvalue weighted by atomic mass is 10.0. The maximum Gasteiger partial charge on any atom is 0.0559 e. The third-order valence-corrected chi connectivity index (χ3v) is 3.28. The largest absolute Gasteiger partial charge is 0.169 e. The van der Waals surface area contributed by atoms with Gasteiger partial charge < -0.3 is 0 Å². The second kappa shape index (κ2) is 3.21. The molecule has 1 aliphatic rings. The Hall–Kier alpha value is 0.410. The average molecular weight is 195 g/mol.